The SMILES string of the molecule is CCC(Cl)C(=O)c1ccc(SC)cc1. The molecule has 76 valence electrons. The van der Waals surface area contributed by atoms with Crippen molar-refractivity contribution in [2.24, 2.45) is 0 Å². The lowest BCUT2D eigenvalue weighted by atomic mass is 10.1. The Kier molecular flexibility index (Phi) is 4.49. The Hall–Kier alpha value is -0.470. The number of thioether (sulfide) groups is 1. The Bertz CT molecular complexity index is 308. The standard InChI is InChI=1S/C11H13ClOS/c1-3-10(12)11(13)8-4-6-9(14-2)7-5-8/h4-7,10H,3H2,1-2H3. The normalized spacial score (nSPS) is 12.5. The molecule has 0 radical (unpaired) electrons. The summed E-state index contributed by atoms with van der Waals surface area (Å²) in [6.45, 7) is 1.91. The lowest BCUT2D eigenvalue weighted by molar-refractivity contribution is 0.0985. The van der Waals surface area contributed by atoms with Gasteiger partial charge < -0.3 is 0 Å². The topological polar surface area (TPSA) is 17.1 Å². The van der Waals surface area contributed by atoms with Gasteiger partial charge in [-0.1, -0.05) is 19.1 Å². The van der Waals surface area contributed by atoms with Gasteiger partial charge in [0, 0.05) is 10.5 Å². The lowest BCUT2D eigenvalue weighted by Gasteiger charge is -2.05. The van der Waals surface area contributed by atoms with Crippen molar-refractivity contribution >= 4 is 29.1 Å². The third kappa shape index (κ3) is 2.76. The Balaban J connectivity index is 2.81. The molecule has 1 unspecified atom stereocenters. The van der Waals surface area contributed by atoms with Gasteiger partial charge in [-0.15, -0.1) is 23.4 Å². The second-order valence-corrected chi connectivity index (χ2v) is 4.38. The molecule has 0 amide bonds. The molecule has 1 rings (SSSR count). The number of carbonyl (C=O) groups is 1. The van der Waals surface area contributed by atoms with E-state index in [0.717, 1.165) is 4.90 Å². The smallest absolute Gasteiger partial charge is 0.180 e. The zero-order valence-corrected chi connectivity index (χ0v) is 9.86. The quantitative estimate of drug-likeness (QED) is 0.445. The molecule has 0 aliphatic heterocycles. The van der Waals surface area contributed by atoms with Crippen LogP contribution in [0.15, 0.2) is 29.2 Å². The van der Waals surface area contributed by atoms with Crippen molar-refractivity contribution < 1.29 is 4.79 Å². The summed E-state index contributed by atoms with van der Waals surface area (Å²) in [5, 5.41) is -0.393. The van der Waals surface area contributed by atoms with Crippen LogP contribution in [0.25, 0.3) is 0 Å². The maximum Gasteiger partial charge on any atom is 0.180 e. The van der Waals surface area contributed by atoms with Crippen LogP contribution in [0.1, 0.15) is 23.7 Å². The Labute approximate surface area is 93.8 Å². The summed E-state index contributed by atoms with van der Waals surface area (Å²) in [4.78, 5) is 12.8. The average Bonchev–Trinajstić information content (AvgIpc) is 2.27. The molecule has 3 heteroatoms. The van der Waals surface area contributed by atoms with Crippen LogP contribution in [0, 0.1) is 0 Å². The zero-order chi connectivity index (χ0) is 10.6. The van der Waals surface area contributed by atoms with E-state index >= 15 is 0 Å². The number of Topliss-reactive ketones (excluding diaryl/α,β-unsaturated/α-hetero) is 1. The summed E-state index contributed by atoms with van der Waals surface area (Å²) in [5.41, 5.74) is 0.699. The minimum atomic E-state index is -0.393. The van der Waals surface area contributed by atoms with Crippen molar-refractivity contribution in [1.29, 1.82) is 0 Å². The van der Waals surface area contributed by atoms with Gasteiger partial charge in [-0.2, -0.15) is 0 Å². The first-order chi connectivity index (χ1) is 6.69. The number of alkyl halides is 1. The van der Waals surface area contributed by atoms with Crippen molar-refractivity contribution in [3.05, 3.63) is 29.8 Å². The molecule has 1 aromatic rings. The maximum absolute atomic E-state index is 11.6. The van der Waals surface area contributed by atoms with Crippen LogP contribution < -0.4 is 0 Å². The minimum Gasteiger partial charge on any atom is -0.293 e. The summed E-state index contributed by atoms with van der Waals surface area (Å²) in [5.74, 6) is 0.0156. The number of carbonyl (C=O) groups excluding carboxylic acids is 1. The van der Waals surface area contributed by atoms with Crippen molar-refractivity contribution in [1.82, 2.24) is 0 Å². The highest BCUT2D eigenvalue weighted by Crippen LogP contribution is 2.17. The predicted molar refractivity (Wildman–Crippen MR) is 62.5 cm³/mol. The highest BCUT2D eigenvalue weighted by Gasteiger charge is 2.14. The van der Waals surface area contributed by atoms with Gasteiger partial charge >= 0.3 is 0 Å². The van der Waals surface area contributed by atoms with E-state index in [1.54, 1.807) is 11.8 Å². The first-order valence-corrected chi connectivity index (χ1v) is 6.17. The van der Waals surface area contributed by atoms with Gasteiger partial charge in [-0.05, 0) is 24.8 Å². The van der Waals surface area contributed by atoms with Gasteiger partial charge in [0.15, 0.2) is 5.78 Å². The number of rotatable bonds is 4. The molecule has 0 bridgehead atoms. The lowest BCUT2D eigenvalue weighted by Crippen LogP contribution is -2.13. The fourth-order valence-corrected chi connectivity index (χ4v) is 1.66. The van der Waals surface area contributed by atoms with E-state index in [1.165, 1.54) is 0 Å². The summed E-state index contributed by atoms with van der Waals surface area (Å²) in [6, 6.07) is 7.55. The monoisotopic (exact) mass is 228 g/mol. The molecule has 0 aliphatic rings. The fraction of sp³-hybridized carbons (Fsp3) is 0.364. The highest BCUT2D eigenvalue weighted by atomic mass is 35.5. The molecule has 0 aromatic heterocycles. The van der Waals surface area contributed by atoms with Crippen molar-refractivity contribution in [2.75, 3.05) is 6.26 Å². The minimum absolute atomic E-state index is 0.0156. The molecule has 1 atom stereocenters. The van der Waals surface area contributed by atoms with Crippen LogP contribution in [-0.2, 0) is 0 Å². The van der Waals surface area contributed by atoms with Crippen LogP contribution in [0.4, 0.5) is 0 Å². The third-order valence-corrected chi connectivity index (χ3v) is 3.27. The van der Waals surface area contributed by atoms with E-state index in [-0.39, 0.29) is 5.78 Å². The van der Waals surface area contributed by atoms with Gasteiger partial charge in [0.05, 0.1) is 5.38 Å². The summed E-state index contributed by atoms with van der Waals surface area (Å²) >= 11 is 7.53. The molecular formula is C11H13ClOS. The molecule has 14 heavy (non-hydrogen) atoms. The summed E-state index contributed by atoms with van der Waals surface area (Å²) in [7, 11) is 0. The van der Waals surface area contributed by atoms with Gasteiger partial charge in [0.25, 0.3) is 0 Å². The number of hydrogen-bond donors (Lipinski definition) is 0. The number of ketones is 1. The van der Waals surface area contributed by atoms with Crippen molar-refractivity contribution in [3.63, 3.8) is 0 Å². The zero-order valence-electron chi connectivity index (χ0n) is 8.29. The molecule has 1 aromatic carbocycles. The van der Waals surface area contributed by atoms with Crippen molar-refractivity contribution in [2.45, 2.75) is 23.6 Å². The molecule has 0 saturated carbocycles. The Morgan fingerprint density at radius 3 is 2.43 bits per heavy atom. The number of halogens is 1. The average molecular weight is 229 g/mol. The van der Waals surface area contributed by atoms with Crippen LogP contribution in [0.5, 0.6) is 0 Å². The first-order valence-electron chi connectivity index (χ1n) is 4.51. The Morgan fingerprint density at radius 1 is 1.43 bits per heavy atom. The van der Waals surface area contributed by atoms with Gasteiger partial charge in [0.1, 0.15) is 0 Å². The van der Waals surface area contributed by atoms with E-state index in [9.17, 15) is 4.79 Å². The predicted octanol–water partition coefficient (Wildman–Crippen LogP) is 3.61. The fourth-order valence-electron chi connectivity index (χ4n) is 1.12. The van der Waals surface area contributed by atoms with Crippen molar-refractivity contribution in [3.8, 4) is 0 Å². The molecular weight excluding hydrogens is 216 g/mol. The van der Waals surface area contributed by atoms with Crippen LogP contribution in [-0.4, -0.2) is 17.4 Å². The van der Waals surface area contributed by atoms with Gasteiger partial charge in [-0.3, -0.25) is 4.79 Å². The Morgan fingerprint density at radius 2 is 2.00 bits per heavy atom. The van der Waals surface area contributed by atoms with Gasteiger partial charge in [0.2, 0.25) is 0 Å². The van der Waals surface area contributed by atoms with Crippen LogP contribution in [0.2, 0.25) is 0 Å². The van der Waals surface area contributed by atoms with Crippen LogP contribution >= 0.6 is 23.4 Å². The molecule has 0 heterocycles. The first kappa shape index (κ1) is 11.6. The molecule has 0 spiro atoms. The second kappa shape index (κ2) is 5.42. The number of hydrogen-bond acceptors (Lipinski definition) is 2. The van der Waals surface area contributed by atoms with E-state index in [4.69, 9.17) is 11.6 Å². The summed E-state index contributed by atoms with van der Waals surface area (Å²) < 4.78 is 0. The van der Waals surface area contributed by atoms with E-state index in [0.29, 0.717) is 12.0 Å². The van der Waals surface area contributed by atoms with E-state index in [2.05, 4.69) is 0 Å². The molecule has 0 saturated heterocycles. The third-order valence-electron chi connectivity index (χ3n) is 2.02. The second-order valence-electron chi connectivity index (χ2n) is 2.97. The molecule has 0 aliphatic carbocycles. The maximum atomic E-state index is 11.6. The molecule has 0 N–H and O–H groups in total. The molecule has 0 fully saturated rings. The molecule has 1 nitrogen and oxygen atoms in total. The van der Waals surface area contributed by atoms with E-state index < -0.39 is 5.38 Å². The van der Waals surface area contributed by atoms with Crippen LogP contribution in [0.3, 0.4) is 0 Å². The largest absolute Gasteiger partial charge is 0.293 e. The van der Waals surface area contributed by atoms with E-state index in [1.807, 2.05) is 37.4 Å². The number of benzene rings is 1. The summed E-state index contributed by atoms with van der Waals surface area (Å²) in [6.07, 6.45) is 2.68. The van der Waals surface area contributed by atoms with Gasteiger partial charge in [-0.25, -0.2) is 0 Å². The highest BCUT2D eigenvalue weighted by molar-refractivity contribution is 7.98.